The third-order valence-electron chi connectivity index (χ3n) is 3.40. The molecule has 2 rings (SSSR count). The van der Waals surface area contributed by atoms with Gasteiger partial charge in [0, 0.05) is 55.7 Å². The number of benzene rings is 1. The van der Waals surface area contributed by atoms with Crippen molar-refractivity contribution >= 4 is 17.1 Å². The molecule has 1 fully saturated rings. The first-order chi connectivity index (χ1) is 9.13. The molecule has 1 unspecified atom stereocenters. The number of aliphatic hydroxyl groups is 1. The maximum atomic E-state index is 11.0. The molecule has 1 atom stereocenters. The van der Waals surface area contributed by atoms with Gasteiger partial charge in [0.05, 0.1) is 4.92 Å². The molecule has 0 saturated carbocycles. The van der Waals surface area contributed by atoms with Crippen molar-refractivity contribution in [1.82, 2.24) is 0 Å². The average Bonchev–Trinajstić information content (AvgIpc) is 2.87. The Labute approximate surface area is 112 Å². The van der Waals surface area contributed by atoms with Gasteiger partial charge in [0.25, 0.3) is 5.69 Å². The summed E-state index contributed by atoms with van der Waals surface area (Å²) < 4.78 is 0. The van der Waals surface area contributed by atoms with Crippen molar-refractivity contribution in [3.63, 3.8) is 0 Å². The molecule has 1 saturated heterocycles. The molecule has 0 spiro atoms. The molecule has 0 aliphatic carbocycles. The fraction of sp³-hybridized carbons (Fsp3) is 0.538. The second-order valence-corrected chi connectivity index (χ2v) is 4.81. The van der Waals surface area contributed by atoms with E-state index < -0.39 is 0 Å². The fourth-order valence-electron chi connectivity index (χ4n) is 2.41. The second-order valence-electron chi connectivity index (χ2n) is 4.81. The van der Waals surface area contributed by atoms with Crippen LogP contribution >= 0.6 is 0 Å². The van der Waals surface area contributed by atoms with Crippen molar-refractivity contribution in [2.45, 2.75) is 13.3 Å². The molecule has 1 aliphatic rings. The smallest absolute Gasteiger partial charge is 0.273 e. The molecule has 1 heterocycles. The Morgan fingerprint density at radius 3 is 2.89 bits per heavy atom. The number of nitrogens with zero attached hydrogens (tertiary/aromatic N) is 2. The van der Waals surface area contributed by atoms with Crippen LogP contribution in [0, 0.1) is 16.0 Å². The van der Waals surface area contributed by atoms with Crippen LogP contribution in [0.2, 0.25) is 0 Å². The van der Waals surface area contributed by atoms with Gasteiger partial charge in [0.1, 0.15) is 0 Å². The van der Waals surface area contributed by atoms with Crippen LogP contribution < -0.4 is 10.2 Å². The molecule has 0 aromatic heterocycles. The van der Waals surface area contributed by atoms with Crippen molar-refractivity contribution in [2.24, 2.45) is 5.92 Å². The largest absolute Gasteiger partial charge is 0.396 e. The molecule has 1 aliphatic heterocycles. The van der Waals surface area contributed by atoms with Gasteiger partial charge in [-0.2, -0.15) is 0 Å². The van der Waals surface area contributed by atoms with Crippen LogP contribution in [0.15, 0.2) is 18.2 Å². The first-order valence-corrected chi connectivity index (χ1v) is 6.53. The van der Waals surface area contributed by atoms with E-state index in [0.29, 0.717) is 0 Å². The van der Waals surface area contributed by atoms with Crippen molar-refractivity contribution in [1.29, 1.82) is 0 Å². The van der Waals surface area contributed by atoms with Gasteiger partial charge in [-0.25, -0.2) is 0 Å². The van der Waals surface area contributed by atoms with Crippen molar-refractivity contribution in [2.75, 3.05) is 36.5 Å². The summed E-state index contributed by atoms with van der Waals surface area (Å²) in [4.78, 5) is 12.7. The zero-order valence-corrected chi connectivity index (χ0v) is 11.0. The first-order valence-electron chi connectivity index (χ1n) is 6.53. The Bertz CT molecular complexity index is 464. The van der Waals surface area contributed by atoms with Gasteiger partial charge in [-0.3, -0.25) is 10.1 Å². The SMILES string of the molecule is CCNc1cc(N2CCC(CO)C2)cc([N+](=O)[O-])c1. The van der Waals surface area contributed by atoms with Gasteiger partial charge in [0.2, 0.25) is 0 Å². The van der Waals surface area contributed by atoms with Gasteiger partial charge in [-0.1, -0.05) is 0 Å². The minimum atomic E-state index is -0.371. The molecule has 2 N–H and O–H groups in total. The van der Waals surface area contributed by atoms with E-state index in [1.165, 1.54) is 0 Å². The van der Waals surface area contributed by atoms with Crippen molar-refractivity contribution in [3.8, 4) is 0 Å². The van der Waals surface area contributed by atoms with Crippen molar-refractivity contribution < 1.29 is 10.0 Å². The van der Waals surface area contributed by atoms with E-state index in [-0.39, 0.29) is 23.1 Å². The Hall–Kier alpha value is -1.82. The predicted molar refractivity (Wildman–Crippen MR) is 74.7 cm³/mol. The summed E-state index contributed by atoms with van der Waals surface area (Å²) in [5, 5.41) is 23.2. The zero-order chi connectivity index (χ0) is 13.8. The van der Waals surface area contributed by atoms with Crippen LogP contribution in [0.4, 0.5) is 17.1 Å². The maximum absolute atomic E-state index is 11.0. The van der Waals surface area contributed by atoms with E-state index in [1.807, 2.05) is 13.0 Å². The quantitative estimate of drug-likeness (QED) is 0.627. The van der Waals surface area contributed by atoms with Gasteiger partial charge < -0.3 is 15.3 Å². The van der Waals surface area contributed by atoms with Crippen molar-refractivity contribution in [3.05, 3.63) is 28.3 Å². The molecule has 19 heavy (non-hydrogen) atoms. The van der Waals surface area contributed by atoms with E-state index >= 15 is 0 Å². The van der Waals surface area contributed by atoms with Crippen LogP contribution in [0.3, 0.4) is 0 Å². The molecule has 6 heteroatoms. The Morgan fingerprint density at radius 1 is 1.53 bits per heavy atom. The highest BCUT2D eigenvalue weighted by molar-refractivity contribution is 5.64. The summed E-state index contributed by atoms with van der Waals surface area (Å²) in [5.74, 6) is 0.266. The summed E-state index contributed by atoms with van der Waals surface area (Å²) in [6.45, 7) is 4.43. The van der Waals surface area contributed by atoms with E-state index in [9.17, 15) is 10.1 Å². The fourth-order valence-corrected chi connectivity index (χ4v) is 2.41. The summed E-state index contributed by atoms with van der Waals surface area (Å²) in [7, 11) is 0. The van der Waals surface area contributed by atoms with Gasteiger partial charge in [-0.15, -0.1) is 0 Å². The number of nitro groups is 1. The molecule has 1 aromatic rings. The lowest BCUT2D eigenvalue weighted by atomic mass is 10.1. The number of aliphatic hydroxyl groups excluding tert-OH is 1. The Kier molecular flexibility index (Phi) is 4.21. The van der Waals surface area contributed by atoms with Gasteiger partial charge in [0.15, 0.2) is 0 Å². The molecule has 0 amide bonds. The van der Waals surface area contributed by atoms with Crippen LogP contribution in [-0.4, -0.2) is 36.3 Å². The molecule has 1 aromatic carbocycles. The molecular weight excluding hydrogens is 246 g/mol. The molecular formula is C13H19N3O3. The van der Waals surface area contributed by atoms with Crippen LogP contribution in [0.25, 0.3) is 0 Å². The lowest BCUT2D eigenvalue weighted by Gasteiger charge is -2.19. The lowest BCUT2D eigenvalue weighted by Crippen LogP contribution is -2.20. The summed E-state index contributed by atoms with van der Waals surface area (Å²) in [6.07, 6.45) is 0.926. The molecule has 6 nitrogen and oxygen atoms in total. The molecule has 104 valence electrons. The number of nitrogens with one attached hydrogen (secondary N) is 1. The van der Waals surface area contributed by atoms with Crippen LogP contribution in [0.5, 0.6) is 0 Å². The zero-order valence-electron chi connectivity index (χ0n) is 11.0. The third kappa shape index (κ3) is 3.14. The standard InChI is InChI=1S/C13H19N3O3/c1-2-14-11-5-12(7-13(6-11)16(18)19)15-4-3-10(8-15)9-17/h5-7,10,14,17H,2-4,8-9H2,1H3. The molecule has 0 bridgehead atoms. The molecule has 0 radical (unpaired) electrons. The van der Waals surface area contributed by atoms with Crippen LogP contribution in [-0.2, 0) is 0 Å². The van der Waals surface area contributed by atoms with E-state index in [0.717, 1.165) is 37.4 Å². The number of anilines is 2. The Morgan fingerprint density at radius 2 is 2.32 bits per heavy atom. The predicted octanol–water partition coefficient (Wildman–Crippen LogP) is 1.85. The first kappa shape index (κ1) is 13.6. The topological polar surface area (TPSA) is 78.6 Å². The summed E-state index contributed by atoms with van der Waals surface area (Å²) in [5.41, 5.74) is 1.71. The highest BCUT2D eigenvalue weighted by Gasteiger charge is 2.23. The van der Waals surface area contributed by atoms with Crippen LogP contribution in [0.1, 0.15) is 13.3 Å². The highest BCUT2D eigenvalue weighted by atomic mass is 16.6. The van der Waals surface area contributed by atoms with E-state index in [1.54, 1.807) is 12.1 Å². The minimum Gasteiger partial charge on any atom is -0.396 e. The monoisotopic (exact) mass is 265 g/mol. The third-order valence-corrected chi connectivity index (χ3v) is 3.40. The van der Waals surface area contributed by atoms with E-state index in [2.05, 4.69) is 10.2 Å². The van der Waals surface area contributed by atoms with Gasteiger partial charge in [-0.05, 0) is 19.4 Å². The number of non-ortho nitro benzene ring substituents is 1. The number of nitro benzene ring substituents is 1. The van der Waals surface area contributed by atoms with Gasteiger partial charge >= 0.3 is 0 Å². The van der Waals surface area contributed by atoms with E-state index in [4.69, 9.17) is 5.11 Å². The Balaban J connectivity index is 2.26. The summed E-state index contributed by atoms with van der Waals surface area (Å²) >= 11 is 0. The summed E-state index contributed by atoms with van der Waals surface area (Å²) in [6, 6.07) is 5.07. The number of rotatable bonds is 5. The number of hydrogen-bond donors (Lipinski definition) is 2. The lowest BCUT2D eigenvalue weighted by molar-refractivity contribution is -0.384. The average molecular weight is 265 g/mol. The number of hydrogen-bond acceptors (Lipinski definition) is 5. The normalized spacial score (nSPS) is 18.6. The highest BCUT2D eigenvalue weighted by Crippen LogP contribution is 2.30. The second kappa shape index (κ2) is 5.88. The minimum absolute atomic E-state index is 0.0981. The maximum Gasteiger partial charge on any atom is 0.273 e.